The second-order valence-electron chi connectivity index (χ2n) is 5.83. The van der Waals surface area contributed by atoms with Gasteiger partial charge in [0.2, 0.25) is 0 Å². The second-order valence-corrected chi connectivity index (χ2v) is 7.15. The quantitative estimate of drug-likeness (QED) is 0.423. The maximum absolute atomic E-state index is 6.15. The molecular formula is C20H19BrClN3. The number of hydrazone groups is 1. The first-order valence-corrected chi connectivity index (χ1v) is 9.17. The van der Waals surface area contributed by atoms with Crippen molar-refractivity contribution in [3.63, 3.8) is 0 Å². The Bertz CT molecular complexity index is 915. The zero-order valence-electron chi connectivity index (χ0n) is 14.1. The molecule has 3 rings (SSSR count). The zero-order chi connectivity index (χ0) is 17.8. The Morgan fingerprint density at radius 1 is 1.12 bits per heavy atom. The van der Waals surface area contributed by atoms with E-state index in [-0.39, 0.29) is 0 Å². The van der Waals surface area contributed by atoms with Crippen LogP contribution in [0.15, 0.2) is 64.2 Å². The largest absolute Gasteiger partial charge is 0.318 e. The molecule has 0 bridgehead atoms. The maximum Gasteiger partial charge on any atom is 0.0594 e. The molecule has 0 unspecified atom stereocenters. The molecule has 1 aromatic heterocycles. The summed E-state index contributed by atoms with van der Waals surface area (Å²) in [5, 5.41) is 5.10. The average molecular weight is 417 g/mol. The minimum absolute atomic E-state index is 0.598. The lowest BCUT2D eigenvalue weighted by atomic mass is 10.2. The number of rotatable bonds is 5. The molecule has 5 heteroatoms. The van der Waals surface area contributed by atoms with Crippen LogP contribution < -0.4 is 5.43 Å². The first-order chi connectivity index (χ1) is 12.1. The van der Waals surface area contributed by atoms with Crippen LogP contribution in [-0.4, -0.2) is 10.8 Å². The van der Waals surface area contributed by atoms with Crippen LogP contribution in [0.4, 0.5) is 0 Å². The summed E-state index contributed by atoms with van der Waals surface area (Å²) < 4.78 is 3.29. The number of benzene rings is 2. The third kappa shape index (κ3) is 4.14. The van der Waals surface area contributed by atoms with Crippen LogP contribution in [0.2, 0.25) is 5.02 Å². The lowest BCUT2D eigenvalue weighted by Gasteiger charge is -2.09. The molecule has 0 amide bonds. The predicted octanol–water partition coefficient (Wildman–Crippen LogP) is 5.63. The van der Waals surface area contributed by atoms with Crippen LogP contribution in [0.1, 0.15) is 22.5 Å². The van der Waals surface area contributed by atoms with Gasteiger partial charge in [0, 0.05) is 32.1 Å². The van der Waals surface area contributed by atoms with Crippen LogP contribution in [-0.2, 0) is 6.54 Å². The smallest absolute Gasteiger partial charge is 0.0594 e. The van der Waals surface area contributed by atoms with Crippen molar-refractivity contribution in [2.75, 3.05) is 0 Å². The van der Waals surface area contributed by atoms with E-state index < -0.39 is 0 Å². The Morgan fingerprint density at radius 2 is 1.92 bits per heavy atom. The fourth-order valence-corrected chi connectivity index (χ4v) is 3.41. The van der Waals surface area contributed by atoms with Gasteiger partial charge in [-0.05, 0) is 49.7 Å². The van der Waals surface area contributed by atoms with E-state index in [1.807, 2.05) is 42.6 Å². The van der Waals surface area contributed by atoms with Crippen molar-refractivity contribution in [3.05, 3.63) is 86.6 Å². The molecule has 0 saturated carbocycles. The van der Waals surface area contributed by atoms with Gasteiger partial charge >= 0.3 is 0 Å². The molecule has 128 valence electrons. The molecule has 2 aromatic carbocycles. The Hall–Kier alpha value is -2.04. The van der Waals surface area contributed by atoms with Gasteiger partial charge in [-0.15, -0.1) is 0 Å². The van der Waals surface area contributed by atoms with Crippen molar-refractivity contribution >= 4 is 33.7 Å². The molecule has 0 saturated heterocycles. The van der Waals surface area contributed by atoms with Gasteiger partial charge in [-0.3, -0.25) is 0 Å². The summed E-state index contributed by atoms with van der Waals surface area (Å²) in [6.07, 6.45) is 1.85. The highest BCUT2D eigenvalue weighted by Crippen LogP contribution is 2.22. The van der Waals surface area contributed by atoms with Crippen molar-refractivity contribution < 1.29 is 0 Å². The molecule has 0 aliphatic carbocycles. The summed E-state index contributed by atoms with van der Waals surface area (Å²) >= 11 is 9.69. The number of nitrogens with one attached hydrogen (secondary N) is 1. The van der Waals surface area contributed by atoms with Gasteiger partial charge in [0.1, 0.15) is 0 Å². The molecule has 3 nitrogen and oxygen atoms in total. The van der Waals surface area contributed by atoms with E-state index in [4.69, 9.17) is 11.6 Å². The van der Waals surface area contributed by atoms with Gasteiger partial charge in [-0.25, -0.2) is 0 Å². The number of halogens is 2. The molecule has 1 heterocycles. The van der Waals surface area contributed by atoms with Crippen LogP contribution in [0.25, 0.3) is 5.69 Å². The van der Waals surface area contributed by atoms with E-state index in [0.717, 1.165) is 32.0 Å². The first-order valence-electron chi connectivity index (χ1n) is 8.00. The molecule has 0 radical (unpaired) electrons. The lowest BCUT2D eigenvalue weighted by Crippen LogP contribution is -2.06. The number of aromatic nitrogens is 1. The third-order valence-electron chi connectivity index (χ3n) is 4.06. The maximum atomic E-state index is 6.15. The molecule has 25 heavy (non-hydrogen) atoms. The summed E-state index contributed by atoms with van der Waals surface area (Å²) in [5.74, 6) is 0. The van der Waals surface area contributed by atoms with Gasteiger partial charge in [0.05, 0.1) is 12.8 Å². The summed E-state index contributed by atoms with van der Waals surface area (Å²) in [6, 6.07) is 18.2. The predicted molar refractivity (Wildman–Crippen MR) is 109 cm³/mol. The highest BCUT2D eigenvalue weighted by molar-refractivity contribution is 9.10. The third-order valence-corrected chi connectivity index (χ3v) is 4.92. The molecule has 0 fully saturated rings. The SMILES string of the molecule is Cc1cc(/C=N\NCc2ccccc2Cl)c(C)n1-c1cccc(Br)c1. The van der Waals surface area contributed by atoms with Crippen LogP contribution in [0.5, 0.6) is 0 Å². The first kappa shape index (κ1) is 17.8. The van der Waals surface area contributed by atoms with Crippen LogP contribution >= 0.6 is 27.5 Å². The number of aryl methyl sites for hydroxylation is 1. The molecule has 0 aliphatic rings. The standard InChI is InChI=1S/C20H19BrClN3/c1-14-10-17(13-24-23-12-16-6-3-4-9-20(16)22)15(2)25(14)19-8-5-7-18(21)11-19/h3-11,13,23H,12H2,1-2H3/b24-13-. The van der Waals surface area contributed by atoms with Gasteiger partial charge < -0.3 is 9.99 Å². The van der Waals surface area contributed by atoms with E-state index in [0.29, 0.717) is 6.54 Å². The van der Waals surface area contributed by atoms with E-state index in [9.17, 15) is 0 Å². The molecule has 1 N–H and O–H groups in total. The van der Waals surface area contributed by atoms with E-state index in [1.165, 1.54) is 5.69 Å². The number of hydrogen-bond acceptors (Lipinski definition) is 2. The zero-order valence-corrected chi connectivity index (χ0v) is 16.5. The summed E-state index contributed by atoms with van der Waals surface area (Å²) in [5.41, 5.74) is 8.63. The lowest BCUT2D eigenvalue weighted by molar-refractivity contribution is 0.748. The Kier molecular flexibility index (Phi) is 5.61. The number of hydrogen-bond donors (Lipinski definition) is 1. The Morgan fingerprint density at radius 3 is 2.68 bits per heavy atom. The normalized spacial score (nSPS) is 11.2. The van der Waals surface area contributed by atoms with Crippen LogP contribution in [0, 0.1) is 13.8 Å². The molecule has 0 aliphatic heterocycles. The second kappa shape index (κ2) is 7.89. The van der Waals surface area contributed by atoms with Crippen molar-refractivity contribution in [2.45, 2.75) is 20.4 Å². The fraction of sp³-hybridized carbons (Fsp3) is 0.150. The monoisotopic (exact) mass is 415 g/mol. The van der Waals surface area contributed by atoms with E-state index >= 15 is 0 Å². The molecule has 0 atom stereocenters. The van der Waals surface area contributed by atoms with E-state index in [2.05, 4.69) is 63.1 Å². The van der Waals surface area contributed by atoms with E-state index in [1.54, 1.807) is 0 Å². The summed E-state index contributed by atoms with van der Waals surface area (Å²) in [4.78, 5) is 0. The topological polar surface area (TPSA) is 29.3 Å². The van der Waals surface area contributed by atoms with Gasteiger partial charge in [0.15, 0.2) is 0 Å². The highest BCUT2D eigenvalue weighted by atomic mass is 79.9. The number of nitrogens with zero attached hydrogens (tertiary/aromatic N) is 2. The Labute approximate surface area is 161 Å². The average Bonchev–Trinajstić information content (AvgIpc) is 2.87. The van der Waals surface area contributed by atoms with Gasteiger partial charge in [0.25, 0.3) is 0 Å². The van der Waals surface area contributed by atoms with Crippen molar-refractivity contribution in [1.82, 2.24) is 9.99 Å². The fourth-order valence-electron chi connectivity index (χ4n) is 2.82. The summed E-state index contributed by atoms with van der Waals surface area (Å²) in [6.45, 7) is 4.80. The highest BCUT2D eigenvalue weighted by Gasteiger charge is 2.09. The molecule has 3 aromatic rings. The Balaban J connectivity index is 1.75. The van der Waals surface area contributed by atoms with Crippen molar-refractivity contribution in [2.24, 2.45) is 5.10 Å². The molecule has 0 spiro atoms. The minimum atomic E-state index is 0.598. The minimum Gasteiger partial charge on any atom is -0.318 e. The van der Waals surface area contributed by atoms with Crippen molar-refractivity contribution in [1.29, 1.82) is 0 Å². The van der Waals surface area contributed by atoms with Crippen molar-refractivity contribution in [3.8, 4) is 5.69 Å². The molecular weight excluding hydrogens is 398 g/mol. The van der Waals surface area contributed by atoms with Gasteiger partial charge in [-0.1, -0.05) is 51.8 Å². The summed E-state index contributed by atoms with van der Waals surface area (Å²) in [7, 11) is 0. The van der Waals surface area contributed by atoms with Crippen LogP contribution in [0.3, 0.4) is 0 Å². The van der Waals surface area contributed by atoms with Gasteiger partial charge in [-0.2, -0.15) is 5.10 Å².